The van der Waals surface area contributed by atoms with E-state index in [1.165, 1.54) is 6.07 Å². The third-order valence-electron chi connectivity index (χ3n) is 2.31. The molecule has 0 amide bonds. The molecule has 1 heterocycles. The van der Waals surface area contributed by atoms with Gasteiger partial charge in [0.1, 0.15) is 6.04 Å². The van der Waals surface area contributed by atoms with Crippen LogP contribution in [0.5, 0.6) is 11.5 Å². The van der Waals surface area contributed by atoms with E-state index in [-0.39, 0.29) is 13.2 Å². The van der Waals surface area contributed by atoms with Crippen LogP contribution in [-0.4, -0.2) is 19.0 Å². The summed E-state index contributed by atoms with van der Waals surface area (Å²) in [6, 6.07) is 2.81. The van der Waals surface area contributed by atoms with Gasteiger partial charge in [-0.2, -0.15) is 13.2 Å². The van der Waals surface area contributed by atoms with E-state index in [4.69, 9.17) is 15.2 Å². The normalized spacial score (nSPS) is 16.2. The Labute approximate surface area is 89.9 Å². The molecule has 0 saturated heterocycles. The van der Waals surface area contributed by atoms with Crippen molar-refractivity contribution in [3.8, 4) is 11.5 Å². The molecule has 0 aliphatic carbocycles. The zero-order valence-corrected chi connectivity index (χ0v) is 8.25. The summed E-state index contributed by atoms with van der Waals surface area (Å²) >= 11 is 0. The van der Waals surface area contributed by atoms with Crippen molar-refractivity contribution in [3.63, 3.8) is 0 Å². The number of hydrogen-bond acceptors (Lipinski definition) is 3. The summed E-state index contributed by atoms with van der Waals surface area (Å²) in [5, 5.41) is 0. The Morgan fingerprint density at radius 1 is 1.25 bits per heavy atom. The summed E-state index contributed by atoms with van der Waals surface area (Å²) in [7, 11) is 0. The molecule has 3 nitrogen and oxygen atoms in total. The van der Waals surface area contributed by atoms with Gasteiger partial charge in [0.2, 0.25) is 6.79 Å². The van der Waals surface area contributed by atoms with Crippen molar-refractivity contribution < 1.29 is 22.6 Å². The van der Waals surface area contributed by atoms with Crippen LogP contribution in [-0.2, 0) is 6.42 Å². The highest BCUT2D eigenvalue weighted by Gasteiger charge is 2.36. The molecule has 88 valence electrons. The molecule has 0 bridgehead atoms. The van der Waals surface area contributed by atoms with Gasteiger partial charge in [-0.25, -0.2) is 0 Å². The van der Waals surface area contributed by atoms with Gasteiger partial charge >= 0.3 is 6.18 Å². The fourth-order valence-electron chi connectivity index (χ4n) is 1.44. The first-order valence-corrected chi connectivity index (χ1v) is 4.67. The van der Waals surface area contributed by atoms with Gasteiger partial charge in [-0.15, -0.1) is 0 Å². The Hall–Kier alpha value is -1.43. The van der Waals surface area contributed by atoms with Crippen molar-refractivity contribution in [3.05, 3.63) is 23.8 Å². The van der Waals surface area contributed by atoms with E-state index in [1.807, 2.05) is 0 Å². The molecule has 16 heavy (non-hydrogen) atoms. The van der Waals surface area contributed by atoms with Gasteiger partial charge in [0.25, 0.3) is 0 Å². The van der Waals surface area contributed by atoms with Crippen LogP contribution in [0.15, 0.2) is 18.2 Å². The summed E-state index contributed by atoms with van der Waals surface area (Å²) in [6.45, 7) is 0.101. The smallest absolute Gasteiger partial charge is 0.403 e. The molecular formula is C10H10F3NO2. The third kappa shape index (κ3) is 2.21. The molecule has 1 aliphatic rings. The van der Waals surface area contributed by atoms with E-state index in [1.54, 1.807) is 12.1 Å². The highest BCUT2D eigenvalue weighted by molar-refractivity contribution is 5.44. The van der Waals surface area contributed by atoms with Gasteiger partial charge in [-0.05, 0) is 24.1 Å². The third-order valence-corrected chi connectivity index (χ3v) is 2.31. The van der Waals surface area contributed by atoms with E-state index in [0.717, 1.165) is 0 Å². The lowest BCUT2D eigenvalue weighted by Gasteiger charge is -2.15. The van der Waals surface area contributed by atoms with Gasteiger partial charge < -0.3 is 15.2 Å². The molecule has 0 saturated carbocycles. The molecule has 1 unspecified atom stereocenters. The maximum Gasteiger partial charge on any atom is 0.403 e. The maximum atomic E-state index is 12.2. The highest BCUT2D eigenvalue weighted by atomic mass is 19.4. The van der Waals surface area contributed by atoms with Crippen LogP contribution < -0.4 is 15.2 Å². The minimum absolute atomic E-state index is 0.101. The van der Waals surface area contributed by atoms with Gasteiger partial charge in [-0.1, -0.05) is 6.07 Å². The molecule has 1 aromatic carbocycles. The number of alkyl halides is 3. The number of fused-ring (bicyclic) bond motifs is 1. The summed E-state index contributed by atoms with van der Waals surface area (Å²) < 4.78 is 46.8. The quantitative estimate of drug-likeness (QED) is 0.847. The number of ether oxygens (including phenoxy) is 2. The Balaban J connectivity index is 2.11. The number of halogens is 3. The van der Waals surface area contributed by atoms with Crippen LogP contribution in [0.4, 0.5) is 13.2 Å². The fraction of sp³-hybridized carbons (Fsp3) is 0.400. The number of hydrogen-bond donors (Lipinski definition) is 1. The Morgan fingerprint density at radius 3 is 2.62 bits per heavy atom. The average molecular weight is 233 g/mol. The standard InChI is InChI=1S/C10H10F3NO2/c11-10(12,13)9(14)4-6-1-2-7-8(3-6)16-5-15-7/h1-3,9H,4-5,14H2. The first-order valence-electron chi connectivity index (χ1n) is 4.67. The second-order valence-electron chi connectivity index (χ2n) is 3.54. The first kappa shape index (κ1) is 11.1. The Bertz CT molecular complexity index is 392. The van der Waals surface area contributed by atoms with Gasteiger partial charge in [0.15, 0.2) is 11.5 Å². The van der Waals surface area contributed by atoms with Crippen LogP contribution in [0.25, 0.3) is 0 Å². The topological polar surface area (TPSA) is 44.5 Å². The van der Waals surface area contributed by atoms with Crippen LogP contribution in [0.1, 0.15) is 5.56 Å². The molecule has 2 N–H and O–H groups in total. The van der Waals surface area contributed by atoms with Crippen LogP contribution in [0, 0.1) is 0 Å². The Kier molecular flexibility index (Phi) is 2.67. The van der Waals surface area contributed by atoms with Crippen molar-refractivity contribution in [2.24, 2.45) is 5.73 Å². The molecule has 6 heteroatoms. The lowest BCUT2D eigenvalue weighted by molar-refractivity contribution is -0.147. The lowest BCUT2D eigenvalue weighted by Crippen LogP contribution is -2.39. The van der Waals surface area contributed by atoms with Crippen molar-refractivity contribution in [2.45, 2.75) is 18.6 Å². The SMILES string of the molecule is NC(Cc1ccc2c(c1)OCO2)C(F)(F)F. The summed E-state index contributed by atoms with van der Waals surface area (Å²) in [5.74, 6) is 1.01. The molecule has 2 rings (SSSR count). The van der Waals surface area contributed by atoms with Crippen LogP contribution >= 0.6 is 0 Å². The van der Waals surface area contributed by atoms with Crippen molar-refractivity contribution >= 4 is 0 Å². The number of nitrogens with two attached hydrogens (primary N) is 1. The zero-order chi connectivity index (χ0) is 11.8. The van der Waals surface area contributed by atoms with E-state index < -0.39 is 12.2 Å². The molecule has 1 aromatic rings. The number of benzene rings is 1. The summed E-state index contributed by atoms with van der Waals surface area (Å²) in [6.07, 6.45) is -4.64. The molecule has 0 aromatic heterocycles. The second-order valence-corrected chi connectivity index (χ2v) is 3.54. The molecule has 0 radical (unpaired) electrons. The van der Waals surface area contributed by atoms with Crippen LogP contribution in [0.3, 0.4) is 0 Å². The van der Waals surface area contributed by atoms with Crippen molar-refractivity contribution in [1.82, 2.24) is 0 Å². The zero-order valence-electron chi connectivity index (χ0n) is 8.25. The predicted molar refractivity (Wildman–Crippen MR) is 50.3 cm³/mol. The molecule has 1 aliphatic heterocycles. The van der Waals surface area contributed by atoms with Crippen molar-refractivity contribution in [2.75, 3.05) is 6.79 Å². The van der Waals surface area contributed by atoms with E-state index in [0.29, 0.717) is 17.1 Å². The van der Waals surface area contributed by atoms with Crippen molar-refractivity contribution in [1.29, 1.82) is 0 Å². The highest BCUT2D eigenvalue weighted by Crippen LogP contribution is 2.33. The average Bonchev–Trinajstić information content (AvgIpc) is 2.63. The molecular weight excluding hydrogens is 223 g/mol. The van der Waals surface area contributed by atoms with Gasteiger partial charge in [0.05, 0.1) is 0 Å². The maximum absolute atomic E-state index is 12.2. The summed E-state index contributed by atoms with van der Waals surface area (Å²) in [4.78, 5) is 0. The van der Waals surface area contributed by atoms with Crippen LogP contribution in [0.2, 0.25) is 0 Å². The van der Waals surface area contributed by atoms with Gasteiger partial charge in [-0.3, -0.25) is 0 Å². The van der Waals surface area contributed by atoms with E-state index >= 15 is 0 Å². The molecule has 1 atom stereocenters. The largest absolute Gasteiger partial charge is 0.454 e. The van der Waals surface area contributed by atoms with E-state index in [9.17, 15) is 13.2 Å². The Morgan fingerprint density at radius 2 is 1.94 bits per heavy atom. The number of rotatable bonds is 2. The lowest BCUT2D eigenvalue weighted by atomic mass is 10.1. The fourth-order valence-corrected chi connectivity index (χ4v) is 1.44. The monoisotopic (exact) mass is 233 g/mol. The minimum Gasteiger partial charge on any atom is -0.454 e. The molecule has 0 spiro atoms. The molecule has 0 fully saturated rings. The first-order chi connectivity index (χ1) is 7.47. The van der Waals surface area contributed by atoms with Gasteiger partial charge in [0, 0.05) is 0 Å². The second kappa shape index (κ2) is 3.86. The summed E-state index contributed by atoms with van der Waals surface area (Å²) in [5.41, 5.74) is 5.51. The minimum atomic E-state index is -4.38. The predicted octanol–water partition coefficient (Wildman–Crippen LogP) is 1.85. The van der Waals surface area contributed by atoms with E-state index in [2.05, 4.69) is 0 Å².